The third-order valence-corrected chi connectivity index (χ3v) is 14.5. The van der Waals surface area contributed by atoms with Crippen molar-refractivity contribution in [1.29, 1.82) is 0 Å². The van der Waals surface area contributed by atoms with E-state index in [1.165, 1.54) is 193 Å². The van der Waals surface area contributed by atoms with Crippen molar-refractivity contribution in [2.75, 3.05) is 13.2 Å². The highest BCUT2D eigenvalue weighted by molar-refractivity contribution is 5.15. The quantitative estimate of drug-likeness (QED) is 0.0818. The van der Waals surface area contributed by atoms with Gasteiger partial charge in [0.05, 0.1) is 13.2 Å². The molecule has 0 aromatic heterocycles. The maximum absolute atomic E-state index is 6.63. The van der Waals surface area contributed by atoms with Gasteiger partial charge < -0.3 is 4.74 Å². The van der Waals surface area contributed by atoms with Crippen molar-refractivity contribution < 1.29 is 4.74 Å². The summed E-state index contributed by atoms with van der Waals surface area (Å²) in [7, 11) is 0. The second-order valence-corrected chi connectivity index (χ2v) is 18.1. The van der Waals surface area contributed by atoms with Crippen molar-refractivity contribution in [3.05, 3.63) is 23.3 Å². The molecular weight excluding hydrogens is 593 g/mol. The maximum atomic E-state index is 6.63. The minimum absolute atomic E-state index is 0.838. The van der Waals surface area contributed by atoms with Crippen molar-refractivity contribution in [2.24, 2.45) is 47.3 Å². The van der Waals surface area contributed by atoms with Crippen molar-refractivity contribution in [2.45, 2.75) is 220 Å². The van der Waals surface area contributed by atoms with Gasteiger partial charge in [-0.25, -0.2) is 0 Å². The number of ether oxygens (including phenoxy) is 1. The molecule has 0 unspecified atom stereocenters. The molecule has 0 aromatic carbocycles. The summed E-state index contributed by atoms with van der Waals surface area (Å²) in [5, 5.41) is 0. The van der Waals surface area contributed by atoms with Gasteiger partial charge >= 0.3 is 0 Å². The van der Waals surface area contributed by atoms with Crippen LogP contribution in [0.5, 0.6) is 0 Å². The van der Waals surface area contributed by atoms with Crippen LogP contribution in [0.25, 0.3) is 0 Å². The van der Waals surface area contributed by atoms with Crippen LogP contribution in [-0.4, -0.2) is 13.2 Å². The molecule has 4 aliphatic carbocycles. The molecule has 0 atom stereocenters. The molecule has 4 fully saturated rings. The van der Waals surface area contributed by atoms with E-state index in [1.54, 1.807) is 0 Å². The zero-order chi connectivity index (χ0) is 34.5. The van der Waals surface area contributed by atoms with Gasteiger partial charge in [-0.05, 0) is 150 Å². The summed E-state index contributed by atoms with van der Waals surface area (Å²) in [6.45, 7) is 11.1. The second kappa shape index (κ2) is 24.6. The van der Waals surface area contributed by atoms with E-state index in [0.29, 0.717) is 0 Å². The van der Waals surface area contributed by atoms with Crippen molar-refractivity contribution in [3.63, 3.8) is 0 Å². The molecule has 49 heavy (non-hydrogen) atoms. The van der Waals surface area contributed by atoms with Gasteiger partial charge in [-0.1, -0.05) is 141 Å². The Hall–Kier alpha value is -0.560. The van der Waals surface area contributed by atoms with Crippen LogP contribution in [0.4, 0.5) is 0 Å². The topological polar surface area (TPSA) is 9.23 Å². The fourth-order valence-corrected chi connectivity index (χ4v) is 11.2. The summed E-state index contributed by atoms with van der Waals surface area (Å²) in [5.74, 6) is 7.35. The van der Waals surface area contributed by atoms with E-state index < -0.39 is 0 Å². The lowest BCUT2D eigenvalue weighted by atomic mass is 9.69. The number of hydrogen-bond donors (Lipinski definition) is 0. The minimum atomic E-state index is 0.838. The van der Waals surface area contributed by atoms with Gasteiger partial charge in [0.15, 0.2) is 0 Å². The van der Waals surface area contributed by atoms with Gasteiger partial charge in [0.1, 0.15) is 0 Å². The van der Waals surface area contributed by atoms with Crippen molar-refractivity contribution in [1.82, 2.24) is 0 Å². The highest BCUT2D eigenvalue weighted by Crippen LogP contribution is 2.45. The first-order chi connectivity index (χ1) is 24.1. The number of allylic oxidation sites excluding steroid dienone is 2. The molecule has 0 aromatic rings. The Labute approximate surface area is 308 Å². The van der Waals surface area contributed by atoms with Crippen LogP contribution in [0.15, 0.2) is 23.3 Å². The van der Waals surface area contributed by atoms with E-state index in [0.717, 1.165) is 60.6 Å². The van der Waals surface area contributed by atoms with Crippen LogP contribution in [0.3, 0.4) is 0 Å². The zero-order valence-corrected chi connectivity index (χ0v) is 33.8. The summed E-state index contributed by atoms with van der Waals surface area (Å²) < 4.78 is 6.63. The van der Waals surface area contributed by atoms with E-state index in [9.17, 15) is 0 Å². The molecule has 4 aliphatic rings. The molecule has 0 radical (unpaired) electrons. The molecule has 0 spiro atoms. The van der Waals surface area contributed by atoms with Crippen LogP contribution in [-0.2, 0) is 4.74 Å². The van der Waals surface area contributed by atoms with Gasteiger partial charge in [0, 0.05) is 0 Å². The van der Waals surface area contributed by atoms with Gasteiger partial charge in [0.2, 0.25) is 0 Å². The number of rotatable bonds is 22. The average Bonchev–Trinajstić information content (AvgIpc) is 3.14. The molecule has 4 rings (SSSR count). The van der Waals surface area contributed by atoms with Crippen LogP contribution in [0.1, 0.15) is 220 Å². The second-order valence-electron chi connectivity index (χ2n) is 18.1. The monoisotopic (exact) mass is 679 g/mol. The van der Waals surface area contributed by atoms with Crippen molar-refractivity contribution in [3.8, 4) is 0 Å². The van der Waals surface area contributed by atoms with Crippen molar-refractivity contribution >= 4 is 0 Å². The van der Waals surface area contributed by atoms with E-state index in [1.807, 2.05) is 11.1 Å². The van der Waals surface area contributed by atoms with Crippen LogP contribution < -0.4 is 0 Å². The molecular formula is C48H86O. The number of hydrogen-bond acceptors (Lipinski definition) is 1. The summed E-state index contributed by atoms with van der Waals surface area (Å²) >= 11 is 0. The SMILES string of the molecule is CCCCC[C@H]1CC[C@H](C(=CCOCC=C([C@H]2CC[C@H](CCCC)CC2)[C@H]2CC[C@H](CCCCC)CC2)[C@H]2CC[C@H](CCCC)CC2)CC1. The van der Waals surface area contributed by atoms with Crippen LogP contribution >= 0.6 is 0 Å². The number of unbranched alkanes of at least 4 members (excludes halogenated alkanes) is 6. The fraction of sp³-hybridized carbons (Fsp3) is 0.917. The summed E-state index contributed by atoms with van der Waals surface area (Å²) in [6.07, 6.45) is 48.7. The predicted molar refractivity (Wildman–Crippen MR) is 216 cm³/mol. The Morgan fingerprint density at radius 3 is 0.898 bits per heavy atom. The molecule has 4 saturated carbocycles. The molecule has 284 valence electrons. The lowest BCUT2D eigenvalue weighted by Gasteiger charge is -2.37. The highest BCUT2D eigenvalue weighted by Gasteiger charge is 2.32. The van der Waals surface area contributed by atoms with E-state index in [2.05, 4.69) is 39.8 Å². The molecule has 0 heterocycles. The predicted octanol–water partition coefficient (Wildman–Crippen LogP) is 15.6. The fourth-order valence-electron chi connectivity index (χ4n) is 11.2. The van der Waals surface area contributed by atoms with Gasteiger partial charge in [0.25, 0.3) is 0 Å². The largest absolute Gasteiger partial charge is 0.373 e. The average molecular weight is 679 g/mol. The Morgan fingerprint density at radius 1 is 0.367 bits per heavy atom. The highest BCUT2D eigenvalue weighted by atomic mass is 16.5. The normalized spacial score (nSPS) is 32.0. The third-order valence-electron chi connectivity index (χ3n) is 14.5. The Morgan fingerprint density at radius 2 is 0.633 bits per heavy atom. The zero-order valence-electron chi connectivity index (χ0n) is 33.8. The van der Waals surface area contributed by atoms with E-state index in [4.69, 9.17) is 4.74 Å². The first kappa shape index (κ1) is 41.2. The molecule has 1 nitrogen and oxygen atoms in total. The van der Waals surface area contributed by atoms with E-state index >= 15 is 0 Å². The Bertz CT molecular complexity index is 795. The molecule has 0 N–H and O–H groups in total. The Balaban J connectivity index is 1.35. The molecule has 1 heteroatoms. The Kier molecular flexibility index (Phi) is 20.7. The lowest BCUT2D eigenvalue weighted by Crippen LogP contribution is -2.24. The van der Waals surface area contributed by atoms with Gasteiger partial charge in [-0.3, -0.25) is 0 Å². The smallest absolute Gasteiger partial charge is 0.0654 e. The summed E-state index contributed by atoms with van der Waals surface area (Å²) in [4.78, 5) is 0. The van der Waals surface area contributed by atoms with Crippen LogP contribution in [0, 0.1) is 47.3 Å². The first-order valence-corrected chi connectivity index (χ1v) is 23.1. The third kappa shape index (κ3) is 14.8. The molecule has 0 amide bonds. The lowest BCUT2D eigenvalue weighted by molar-refractivity contribution is 0.183. The maximum Gasteiger partial charge on any atom is 0.0654 e. The summed E-state index contributed by atoms with van der Waals surface area (Å²) in [5.41, 5.74) is 3.69. The molecule has 0 bridgehead atoms. The summed E-state index contributed by atoms with van der Waals surface area (Å²) in [6, 6.07) is 0. The minimum Gasteiger partial charge on any atom is -0.373 e. The van der Waals surface area contributed by atoms with E-state index in [-0.39, 0.29) is 0 Å². The van der Waals surface area contributed by atoms with Gasteiger partial charge in [-0.15, -0.1) is 0 Å². The van der Waals surface area contributed by atoms with Gasteiger partial charge in [-0.2, -0.15) is 0 Å². The molecule has 0 saturated heterocycles. The van der Waals surface area contributed by atoms with Crippen LogP contribution in [0.2, 0.25) is 0 Å². The molecule has 0 aliphatic heterocycles. The first-order valence-electron chi connectivity index (χ1n) is 23.1. The standard InChI is InChI=1S/C48H86O/c1-5-9-13-17-41-23-31-45(32-24-41)47(43-27-19-39(20-28-43)15-11-7-3)35-37-49-38-36-48(44-29-21-40(22-30-44)16-12-8-4)46-33-25-42(26-34-46)18-14-10-6-2/h35-36,39-46H,5-34,37-38H2,1-4H3/t39-,40-,41-,42-,43-,44-,45-,46-.